The highest BCUT2D eigenvalue weighted by Gasteiger charge is 2.23. The molecule has 1 heterocycles. The highest BCUT2D eigenvalue weighted by Crippen LogP contribution is 2.28. The standard InChI is InChI=1S/C18H25ClN2OS/c19-15-5-4-6-16(13-15)20-9-11-21(12-10-20)18(22)14-23-17-7-2-1-3-8-17/h4-6,13,17H,1-3,7-12,14H2. The molecule has 0 aromatic heterocycles. The van der Waals surface area contributed by atoms with E-state index < -0.39 is 0 Å². The van der Waals surface area contributed by atoms with Crippen molar-refractivity contribution in [1.82, 2.24) is 4.90 Å². The molecule has 3 nitrogen and oxygen atoms in total. The molecule has 0 spiro atoms. The van der Waals surface area contributed by atoms with Gasteiger partial charge in [-0.1, -0.05) is 36.9 Å². The molecule has 1 saturated heterocycles. The maximum absolute atomic E-state index is 12.4. The molecule has 0 atom stereocenters. The lowest BCUT2D eigenvalue weighted by molar-refractivity contribution is -0.128. The van der Waals surface area contributed by atoms with Gasteiger partial charge in [-0.05, 0) is 31.0 Å². The van der Waals surface area contributed by atoms with Crippen molar-refractivity contribution in [1.29, 1.82) is 0 Å². The van der Waals surface area contributed by atoms with Gasteiger partial charge in [-0.3, -0.25) is 4.79 Å². The second-order valence-corrected chi connectivity index (χ2v) is 8.14. The molecule has 1 aliphatic heterocycles. The largest absolute Gasteiger partial charge is 0.368 e. The van der Waals surface area contributed by atoms with Crippen LogP contribution in [0.1, 0.15) is 32.1 Å². The summed E-state index contributed by atoms with van der Waals surface area (Å²) in [6.45, 7) is 3.41. The Hall–Kier alpha value is -0.870. The van der Waals surface area contributed by atoms with Crippen LogP contribution >= 0.6 is 23.4 Å². The number of amides is 1. The molecule has 2 fully saturated rings. The molecule has 5 heteroatoms. The van der Waals surface area contributed by atoms with Crippen LogP contribution < -0.4 is 4.90 Å². The first kappa shape index (κ1) is 17.0. The quantitative estimate of drug-likeness (QED) is 0.816. The maximum atomic E-state index is 12.4. The highest BCUT2D eigenvalue weighted by molar-refractivity contribution is 8.00. The van der Waals surface area contributed by atoms with E-state index in [0.29, 0.717) is 16.9 Å². The fourth-order valence-electron chi connectivity index (χ4n) is 3.40. The van der Waals surface area contributed by atoms with E-state index in [4.69, 9.17) is 11.6 Å². The minimum Gasteiger partial charge on any atom is -0.368 e. The Morgan fingerprint density at radius 1 is 1.13 bits per heavy atom. The van der Waals surface area contributed by atoms with Gasteiger partial charge < -0.3 is 9.80 Å². The van der Waals surface area contributed by atoms with Gasteiger partial charge in [0.2, 0.25) is 5.91 Å². The van der Waals surface area contributed by atoms with Gasteiger partial charge in [0.15, 0.2) is 0 Å². The molecule has 0 N–H and O–H groups in total. The summed E-state index contributed by atoms with van der Waals surface area (Å²) in [5, 5.41) is 1.48. The number of carbonyl (C=O) groups is 1. The molecule has 1 saturated carbocycles. The fourth-order valence-corrected chi connectivity index (χ4v) is 4.81. The minimum atomic E-state index is 0.311. The van der Waals surface area contributed by atoms with Crippen molar-refractivity contribution in [2.45, 2.75) is 37.4 Å². The van der Waals surface area contributed by atoms with Crippen molar-refractivity contribution in [3.05, 3.63) is 29.3 Å². The van der Waals surface area contributed by atoms with Gasteiger partial charge in [0.05, 0.1) is 5.75 Å². The third-order valence-corrected chi connectivity index (χ3v) is 6.39. The molecular weight excluding hydrogens is 328 g/mol. The summed E-state index contributed by atoms with van der Waals surface area (Å²) in [5.41, 5.74) is 1.15. The summed E-state index contributed by atoms with van der Waals surface area (Å²) in [6.07, 6.45) is 6.63. The molecule has 0 radical (unpaired) electrons. The van der Waals surface area contributed by atoms with Crippen LogP contribution in [0.5, 0.6) is 0 Å². The van der Waals surface area contributed by atoms with E-state index in [1.165, 1.54) is 32.1 Å². The van der Waals surface area contributed by atoms with Gasteiger partial charge in [0.25, 0.3) is 0 Å². The van der Waals surface area contributed by atoms with Gasteiger partial charge in [-0.25, -0.2) is 0 Å². The van der Waals surface area contributed by atoms with E-state index in [2.05, 4.69) is 11.0 Å². The molecule has 1 aliphatic carbocycles. The molecule has 0 bridgehead atoms. The Labute approximate surface area is 148 Å². The van der Waals surface area contributed by atoms with Crippen LogP contribution in [0.25, 0.3) is 0 Å². The first-order valence-electron chi connectivity index (χ1n) is 8.62. The summed E-state index contributed by atoms with van der Waals surface area (Å²) < 4.78 is 0. The fraction of sp³-hybridized carbons (Fsp3) is 0.611. The lowest BCUT2D eigenvalue weighted by Gasteiger charge is -2.36. The Bertz CT molecular complexity index is 526. The number of thioether (sulfide) groups is 1. The van der Waals surface area contributed by atoms with Crippen LogP contribution in [-0.4, -0.2) is 48.0 Å². The molecule has 1 amide bonds. The Morgan fingerprint density at radius 2 is 1.87 bits per heavy atom. The van der Waals surface area contributed by atoms with Crippen LogP contribution in [0.2, 0.25) is 5.02 Å². The average molecular weight is 353 g/mol. The van der Waals surface area contributed by atoms with Crippen molar-refractivity contribution in [3.63, 3.8) is 0 Å². The Morgan fingerprint density at radius 3 is 2.57 bits per heavy atom. The van der Waals surface area contributed by atoms with Gasteiger partial charge in [-0.15, -0.1) is 11.8 Å². The predicted octanol–water partition coefficient (Wildman–Crippen LogP) is 4.05. The van der Waals surface area contributed by atoms with Crippen LogP contribution in [-0.2, 0) is 4.79 Å². The number of nitrogens with zero attached hydrogens (tertiary/aromatic N) is 2. The maximum Gasteiger partial charge on any atom is 0.232 e. The zero-order valence-corrected chi connectivity index (χ0v) is 15.1. The van der Waals surface area contributed by atoms with Crippen LogP contribution in [0.15, 0.2) is 24.3 Å². The van der Waals surface area contributed by atoms with Crippen molar-refractivity contribution in [2.24, 2.45) is 0 Å². The van der Waals surface area contributed by atoms with Crippen molar-refractivity contribution < 1.29 is 4.79 Å². The monoisotopic (exact) mass is 352 g/mol. The minimum absolute atomic E-state index is 0.311. The van der Waals surface area contributed by atoms with Gasteiger partial charge in [-0.2, -0.15) is 0 Å². The van der Waals surface area contributed by atoms with E-state index in [1.54, 1.807) is 0 Å². The van der Waals surface area contributed by atoms with E-state index in [0.717, 1.165) is 36.9 Å². The lowest BCUT2D eigenvalue weighted by Crippen LogP contribution is -2.49. The number of benzene rings is 1. The molecule has 23 heavy (non-hydrogen) atoms. The highest BCUT2D eigenvalue weighted by atomic mass is 35.5. The van der Waals surface area contributed by atoms with Gasteiger partial charge >= 0.3 is 0 Å². The zero-order valence-electron chi connectivity index (χ0n) is 13.5. The van der Waals surface area contributed by atoms with Crippen LogP contribution in [0.3, 0.4) is 0 Å². The lowest BCUT2D eigenvalue weighted by atomic mass is 10.0. The Balaban J connectivity index is 1.43. The van der Waals surface area contributed by atoms with E-state index in [1.807, 2.05) is 34.9 Å². The van der Waals surface area contributed by atoms with E-state index in [-0.39, 0.29) is 0 Å². The number of halogens is 1. The SMILES string of the molecule is O=C(CSC1CCCCC1)N1CCN(c2cccc(Cl)c2)CC1. The van der Waals surface area contributed by atoms with Crippen molar-refractivity contribution >= 4 is 35.0 Å². The molecule has 0 unspecified atom stereocenters. The number of anilines is 1. The van der Waals surface area contributed by atoms with Crippen molar-refractivity contribution in [2.75, 3.05) is 36.8 Å². The second kappa shape index (κ2) is 8.29. The number of rotatable bonds is 4. The Kier molecular flexibility index (Phi) is 6.12. The third-order valence-electron chi connectivity index (χ3n) is 4.80. The molecule has 3 rings (SSSR count). The van der Waals surface area contributed by atoms with E-state index in [9.17, 15) is 4.79 Å². The second-order valence-electron chi connectivity index (χ2n) is 6.42. The molecule has 1 aromatic rings. The zero-order chi connectivity index (χ0) is 16.1. The third kappa shape index (κ3) is 4.80. The molecule has 2 aliphatic rings. The topological polar surface area (TPSA) is 23.6 Å². The number of hydrogen-bond acceptors (Lipinski definition) is 3. The summed E-state index contributed by atoms with van der Waals surface area (Å²) in [7, 11) is 0. The van der Waals surface area contributed by atoms with E-state index >= 15 is 0 Å². The summed E-state index contributed by atoms with van der Waals surface area (Å²) in [6, 6.07) is 7.96. The number of carbonyl (C=O) groups excluding carboxylic acids is 1. The number of piperazine rings is 1. The normalized spacial score (nSPS) is 19.9. The van der Waals surface area contributed by atoms with Gasteiger partial charge in [0, 0.05) is 42.1 Å². The van der Waals surface area contributed by atoms with Gasteiger partial charge in [0.1, 0.15) is 0 Å². The molecular formula is C18H25ClN2OS. The average Bonchev–Trinajstić information content (AvgIpc) is 2.61. The van der Waals surface area contributed by atoms with Crippen LogP contribution in [0.4, 0.5) is 5.69 Å². The summed E-state index contributed by atoms with van der Waals surface area (Å²) in [5.74, 6) is 0.966. The summed E-state index contributed by atoms with van der Waals surface area (Å²) >= 11 is 7.94. The summed E-state index contributed by atoms with van der Waals surface area (Å²) in [4.78, 5) is 16.7. The predicted molar refractivity (Wildman–Crippen MR) is 99.6 cm³/mol. The van der Waals surface area contributed by atoms with Crippen LogP contribution in [0, 0.1) is 0 Å². The van der Waals surface area contributed by atoms with Crippen molar-refractivity contribution in [3.8, 4) is 0 Å². The first-order chi connectivity index (χ1) is 11.2. The first-order valence-corrected chi connectivity index (χ1v) is 10.0. The number of hydrogen-bond donors (Lipinski definition) is 0. The smallest absolute Gasteiger partial charge is 0.232 e. The molecule has 126 valence electrons. The molecule has 1 aromatic carbocycles.